The summed E-state index contributed by atoms with van der Waals surface area (Å²) in [6.45, 7) is 4.26. The first-order valence-corrected chi connectivity index (χ1v) is 24.9. The summed E-state index contributed by atoms with van der Waals surface area (Å²) in [7, 11) is 0. The molecule has 2 atom stereocenters. The Labute approximate surface area is 350 Å². The van der Waals surface area contributed by atoms with Crippen LogP contribution >= 0.6 is 0 Å². The molecular weight excluding hydrogens is 687 g/mol. The summed E-state index contributed by atoms with van der Waals surface area (Å²) in [5.74, 6) is -0.0879. The maximum absolute atomic E-state index is 12.4. The molecule has 0 saturated heterocycles. The van der Waals surface area contributed by atoms with Gasteiger partial charge in [-0.2, -0.15) is 0 Å². The maximum atomic E-state index is 12.4. The highest BCUT2D eigenvalue weighted by Gasteiger charge is 2.17. The van der Waals surface area contributed by atoms with Gasteiger partial charge < -0.3 is 15.5 Å². The number of carbonyl (C=O) groups excluding carboxylic acids is 1. The summed E-state index contributed by atoms with van der Waals surface area (Å²) in [4.78, 5) is 12.4. The van der Waals surface area contributed by atoms with Crippen LogP contribution in [0.25, 0.3) is 0 Å². The van der Waals surface area contributed by atoms with Crippen molar-refractivity contribution in [3.05, 3.63) is 48.6 Å². The average molecular weight is 784 g/mol. The van der Waals surface area contributed by atoms with Crippen LogP contribution in [0.4, 0.5) is 0 Å². The third-order valence-corrected chi connectivity index (χ3v) is 11.3. The SMILES string of the molecule is CCCC/C=C\C/C=C\CCCCCCCC(=O)NC(CO)C(O)/C=C/CC/C=C/CCCCCCCCCCCCCCCCCCCCCCCCCC. The van der Waals surface area contributed by atoms with Crippen molar-refractivity contribution in [1.82, 2.24) is 5.32 Å². The van der Waals surface area contributed by atoms with Gasteiger partial charge >= 0.3 is 0 Å². The standard InChI is InChI=1S/C52H97NO3/c1-3-5-7-9-11-13-15-17-19-20-21-22-23-24-25-26-27-28-29-30-31-32-33-34-35-37-39-41-43-45-47-51(55)50(49-54)53-52(56)48-46-44-42-40-38-36-18-16-14-12-10-8-6-4-2/h10,12,16,18,37,39,45,47,50-51,54-55H,3-9,11,13-15,17,19-36,38,40-44,46,48-49H2,1-2H3,(H,53,56)/b12-10-,18-16-,39-37+,47-45+. The predicted molar refractivity (Wildman–Crippen MR) is 248 cm³/mol. The second kappa shape index (κ2) is 47.7. The monoisotopic (exact) mass is 784 g/mol. The topological polar surface area (TPSA) is 69.6 Å². The summed E-state index contributed by atoms with van der Waals surface area (Å²) in [5, 5.41) is 23.0. The van der Waals surface area contributed by atoms with Gasteiger partial charge in [0.25, 0.3) is 0 Å². The lowest BCUT2D eigenvalue weighted by molar-refractivity contribution is -0.123. The van der Waals surface area contributed by atoms with Gasteiger partial charge in [0.05, 0.1) is 18.8 Å². The molecule has 0 heterocycles. The molecule has 56 heavy (non-hydrogen) atoms. The minimum atomic E-state index is -0.869. The number of carbonyl (C=O) groups is 1. The van der Waals surface area contributed by atoms with E-state index in [9.17, 15) is 15.0 Å². The van der Waals surface area contributed by atoms with Crippen LogP contribution in [0.15, 0.2) is 48.6 Å². The molecule has 0 aliphatic rings. The fourth-order valence-corrected chi connectivity index (χ4v) is 7.45. The Balaban J connectivity index is 3.52. The second-order valence-electron chi connectivity index (χ2n) is 16.9. The normalized spacial score (nSPS) is 13.3. The fraction of sp³-hybridized carbons (Fsp3) is 0.827. The molecule has 1 amide bonds. The first-order valence-electron chi connectivity index (χ1n) is 24.9. The Morgan fingerprint density at radius 2 is 0.768 bits per heavy atom. The van der Waals surface area contributed by atoms with Crippen molar-refractivity contribution in [2.75, 3.05) is 6.61 Å². The van der Waals surface area contributed by atoms with E-state index in [1.54, 1.807) is 6.08 Å². The molecule has 4 nitrogen and oxygen atoms in total. The molecular formula is C52H97NO3. The molecule has 0 radical (unpaired) electrons. The van der Waals surface area contributed by atoms with Gasteiger partial charge in [0.15, 0.2) is 0 Å². The predicted octanol–water partition coefficient (Wildman–Crippen LogP) is 15.9. The molecule has 0 saturated carbocycles. The van der Waals surface area contributed by atoms with Crippen molar-refractivity contribution in [1.29, 1.82) is 0 Å². The summed E-state index contributed by atoms with van der Waals surface area (Å²) >= 11 is 0. The van der Waals surface area contributed by atoms with E-state index in [1.807, 2.05) is 6.08 Å². The quantitative estimate of drug-likeness (QED) is 0.0425. The minimum Gasteiger partial charge on any atom is -0.394 e. The van der Waals surface area contributed by atoms with Crippen LogP contribution in [-0.2, 0) is 4.79 Å². The smallest absolute Gasteiger partial charge is 0.220 e. The fourth-order valence-electron chi connectivity index (χ4n) is 7.45. The lowest BCUT2D eigenvalue weighted by Crippen LogP contribution is -2.45. The number of allylic oxidation sites excluding steroid dienone is 7. The molecule has 0 aliphatic carbocycles. The van der Waals surface area contributed by atoms with Crippen LogP contribution in [0.5, 0.6) is 0 Å². The Morgan fingerprint density at radius 1 is 0.429 bits per heavy atom. The van der Waals surface area contributed by atoms with Gasteiger partial charge in [0, 0.05) is 6.42 Å². The molecule has 3 N–H and O–H groups in total. The first kappa shape index (κ1) is 54.3. The van der Waals surface area contributed by atoms with Crippen LogP contribution in [0.2, 0.25) is 0 Å². The second-order valence-corrected chi connectivity index (χ2v) is 16.9. The van der Waals surface area contributed by atoms with Crippen LogP contribution in [-0.4, -0.2) is 34.9 Å². The molecule has 328 valence electrons. The van der Waals surface area contributed by atoms with Crippen LogP contribution in [0.3, 0.4) is 0 Å². The Kier molecular flexibility index (Phi) is 46.3. The number of unbranched alkanes of at least 4 members (excludes halogenated alkanes) is 32. The summed E-state index contributed by atoms with van der Waals surface area (Å²) in [6, 6.07) is -0.647. The van der Waals surface area contributed by atoms with Gasteiger partial charge in [0.2, 0.25) is 5.91 Å². The maximum Gasteiger partial charge on any atom is 0.220 e. The van der Waals surface area contributed by atoms with E-state index >= 15 is 0 Å². The number of amides is 1. The van der Waals surface area contributed by atoms with Crippen molar-refractivity contribution >= 4 is 5.91 Å². The van der Waals surface area contributed by atoms with Crippen LogP contribution in [0, 0.1) is 0 Å². The van der Waals surface area contributed by atoms with Gasteiger partial charge in [-0.15, -0.1) is 0 Å². The van der Waals surface area contributed by atoms with E-state index in [0.717, 1.165) is 51.4 Å². The first-order chi connectivity index (χ1) is 27.7. The third-order valence-electron chi connectivity index (χ3n) is 11.3. The number of hydrogen-bond donors (Lipinski definition) is 3. The zero-order chi connectivity index (χ0) is 40.7. The van der Waals surface area contributed by atoms with Gasteiger partial charge in [-0.3, -0.25) is 4.79 Å². The molecule has 0 spiro atoms. The summed E-state index contributed by atoms with van der Waals surface area (Å²) in [6.07, 6.45) is 65.4. The van der Waals surface area contributed by atoms with E-state index < -0.39 is 12.1 Å². The highest BCUT2D eigenvalue weighted by Crippen LogP contribution is 2.16. The molecule has 2 unspecified atom stereocenters. The molecule has 0 aliphatic heterocycles. The van der Waals surface area contributed by atoms with Crippen LogP contribution in [0.1, 0.15) is 258 Å². The molecule has 0 fully saturated rings. The third kappa shape index (κ3) is 43.5. The highest BCUT2D eigenvalue weighted by molar-refractivity contribution is 5.76. The van der Waals surface area contributed by atoms with E-state index in [-0.39, 0.29) is 12.5 Å². The Morgan fingerprint density at radius 3 is 1.20 bits per heavy atom. The van der Waals surface area contributed by atoms with Crippen molar-refractivity contribution in [2.45, 2.75) is 270 Å². The Hall–Kier alpha value is -1.65. The van der Waals surface area contributed by atoms with Crippen molar-refractivity contribution < 1.29 is 15.0 Å². The van der Waals surface area contributed by atoms with Crippen LogP contribution < -0.4 is 5.32 Å². The summed E-state index contributed by atoms with van der Waals surface area (Å²) < 4.78 is 0. The molecule has 0 aromatic heterocycles. The molecule has 0 bridgehead atoms. The zero-order valence-corrected chi connectivity index (χ0v) is 37.7. The molecule has 0 rings (SSSR count). The summed E-state index contributed by atoms with van der Waals surface area (Å²) in [5.41, 5.74) is 0. The number of aliphatic hydroxyl groups is 2. The van der Waals surface area contributed by atoms with Gasteiger partial charge in [-0.25, -0.2) is 0 Å². The Bertz CT molecular complexity index is 893. The number of nitrogens with one attached hydrogen (secondary N) is 1. The van der Waals surface area contributed by atoms with Gasteiger partial charge in [-0.1, -0.05) is 242 Å². The molecule has 0 aromatic carbocycles. The molecule has 0 aromatic rings. The molecule has 4 heteroatoms. The van der Waals surface area contributed by atoms with E-state index in [1.165, 1.54) is 186 Å². The van der Waals surface area contributed by atoms with Crippen molar-refractivity contribution in [3.63, 3.8) is 0 Å². The van der Waals surface area contributed by atoms with Gasteiger partial charge in [-0.05, 0) is 57.8 Å². The average Bonchev–Trinajstić information content (AvgIpc) is 3.20. The minimum absolute atomic E-state index is 0.0879. The van der Waals surface area contributed by atoms with E-state index in [0.29, 0.717) is 6.42 Å². The number of hydrogen-bond acceptors (Lipinski definition) is 3. The van der Waals surface area contributed by atoms with E-state index in [4.69, 9.17) is 0 Å². The lowest BCUT2D eigenvalue weighted by Gasteiger charge is -2.19. The number of aliphatic hydroxyl groups excluding tert-OH is 2. The lowest BCUT2D eigenvalue weighted by atomic mass is 10.0. The largest absolute Gasteiger partial charge is 0.394 e. The number of rotatable bonds is 45. The van der Waals surface area contributed by atoms with Crippen molar-refractivity contribution in [3.8, 4) is 0 Å². The zero-order valence-electron chi connectivity index (χ0n) is 37.7. The van der Waals surface area contributed by atoms with Gasteiger partial charge in [0.1, 0.15) is 0 Å². The van der Waals surface area contributed by atoms with Crippen molar-refractivity contribution in [2.24, 2.45) is 0 Å². The van der Waals surface area contributed by atoms with E-state index in [2.05, 4.69) is 55.6 Å². The highest BCUT2D eigenvalue weighted by atomic mass is 16.3.